The van der Waals surface area contributed by atoms with E-state index in [1.165, 1.54) is 4.90 Å². The summed E-state index contributed by atoms with van der Waals surface area (Å²) in [5.74, 6) is -0.188. The Morgan fingerprint density at radius 2 is 1.60 bits per heavy atom. The standard InChI is InChI=1S/C22H28N4O4/c1-22(2,3)30-21(29)26-10-4-5-18(26)20(28)25-13-11-24(12-14-25)19(27)17-8-6-16(15-23)7-9-17/h6-9,18H,4-5,10-14H2,1-3H3/t18-/m0/s1. The lowest BCUT2D eigenvalue weighted by Crippen LogP contribution is -2.55. The van der Waals surface area contributed by atoms with Gasteiger partial charge >= 0.3 is 6.09 Å². The number of nitrogens with zero attached hydrogens (tertiary/aromatic N) is 4. The van der Waals surface area contributed by atoms with Gasteiger partial charge < -0.3 is 14.5 Å². The maximum atomic E-state index is 13.0. The van der Waals surface area contributed by atoms with Crippen molar-refractivity contribution in [3.8, 4) is 6.07 Å². The monoisotopic (exact) mass is 412 g/mol. The third-order valence-electron chi connectivity index (χ3n) is 5.31. The lowest BCUT2D eigenvalue weighted by molar-refractivity contribution is -0.137. The molecule has 0 saturated carbocycles. The summed E-state index contributed by atoms with van der Waals surface area (Å²) in [6.07, 6.45) is 0.947. The molecule has 0 spiro atoms. The van der Waals surface area contributed by atoms with Crippen molar-refractivity contribution in [2.75, 3.05) is 32.7 Å². The second-order valence-electron chi connectivity index (χ2n) is 8.64. The Kier molecular flexibility index (Phi) is 6.30. The molecule has 1 aromatic carbocycles. The van der Waals surface area contributed by atoms with Gasteiger partial charge in [0.1, 0.15) is 11.6 Å². The molecule has 0 aromatic heterocycles. The van der Waals surface area contributed by atoms with Gasteiger partial charge in [-0.3, -0.25) is 14.5 Å². The summed E-state index contributed by atoms with van der Waals surface area (Å²) in [4.78, 5) is 43.2. The van der Waals surface area contributed by atoms with Crippen LogP contribution in [0.5, 0.6) is 0 Å². The molecule has 2 saturated heterocycles. The number of ether oxygens (including phenoxy) is 1. The number of carbonyl (C=O) groups excluding carboxylic acids is 3. The fourth-order valence-corrected chi connectivity index (χ4v) is 3.77. The molecule has 0 bridgehead atoms. The molecule has 1 aromatic rings. The quantitative estimate of drug-likeness (QED) is 0.743. The summed E-state index contributed by atoms with van der Waals surface area (Å²) < 4.78 is 5.45. The zero-order chi connectivity index (χ0) is 21.9. The van der Waals surface area contributed by atoms with Gasteiger partial charge in [-0.25, -0.2) is 4.79 Å². The number of hydrogen-bond acceptors (Lipinski definition) is 5. The van der Waals surface area contributed by atoms with Crippen LogP contribution in [0.1, 0.15) is 49.5 Å². The average molecular weight is 412 g/mol. The molecule has 2 aliphatic heterocycles. The first-order valence-electron chi connectivity index (χ1n) is 10.3. The van der Waals surface area contributed by atoms with Crippen LogP contribution in [0.2, 0.25) is 0 Å². The number of hydrogen-bond donors (Lipinski definition) is 0. The van der Waals surface area contributed by atoms with E-state index >= 15 is 0 Å². The second-order valence-corrected chi connectivity index (χ2v) is 8.64. The number of piperazine rings is 1. The molecule has 2 aliphatic rings. The van der Waals surface area contributed by atoms with Crippen molar-refractivity contribution in [1.29, 1.82) is 5.26 Å². The third-order valence-corrected chi connectivity index (χ3v) is 5.31. The van der Waals surface area contributed by atoms with E-state index in [-0.39, 0.29) is 11.8 Å². The van der Waals surface area contributed by atoms with E-state index in [0.717, 1.165) is 6.42 Å². The van der Waals surface area contributed by atoms with E-state index in [9.17, 15) is 14.4 Å². The van der Waals surface area contributed by atoms with Crippen LogP contribution >= 0.6 is 0 Å². The zero-order valence-electron chi connectivity index (χ0n) is 17.8. The van der Waals surface area contributed by atoms with E-state index in [1.807, 2.05) is 26.8 Å². The zero-order valence-corrected chi connectivity index (χ0v) is 17.8. The smallest absolute Gasteiger partial charge is 0.410 e. The maximum absolute atomic E-state index is 13.0. The van der Waals surface area contributed by atoms with Crippen LogP contribution in [-0.2, 0) is 9.53 Å². The highest BCUT2D eigenvalue weighted by Crippen LogP contribution is 2.23. The lowest BCUT2D eigenvalue weighted by Gasteiger charge is -2.37. The molecular weight excluding hydrogens is 384 g/mol. The summed E-state index contributed by atoms with van der Waals surface area (Å²) in [7, 11) is 0. The van der Waals surface area contributed by atoms with Crippen LogP contribution in [0.3, 0.4) is 0 Å². The highest BCUT2D eigenvalue weighted by molar-refractivity contribution is 5.94. The number of amides is 3. The Labute approximate surface area is 177 Å². The molecule has 2 heterocycles. The summed E-state index contributed by atoms with van der Waals surface area (Å²) in [5, 5.41) is 8.88. The van der Waals surface area contributed by atoms with Gasteiger partial charge in [0.15, 0.2) is 0 Å². The minimum absolute atomic E-state index is 0.0798. The normalized spacial score (nSPS) is 19.4. The molecule has 0 radical (unpaired) electrons. The molecule has 0 unspecified atom stereocenters. The molecule has 0 aliphatic carbocycles. The third kappa shape index (κ3) is 4.90. The summed E-state index contributed by atoms with van der Waals surface area (Å²) >= 11 is 0. The minimum atomic E-state index is -0.606. The Hall–Kier alpha value is -3.08. The number of likely N-dealkylation sites (tertiary alicyclic amines) is 1. The molecule has 3 rings (SSSR count). The van der Waals surface area contributed by atoms with Crippen molar-refractivity contribution in [2.24, 2.45) is 0 Å². The Bertz CT molecular complexity index is 845. The van der Waals surface area contributed by atoms with Crippen molar-refractivity contribution < 1.29 is 19.1 Å². The second kappa shape index (κ2) is 8.74. The molecule has 3 amide bonds. The van der Waals surface area contributed by atoms with Gasteiger partial charge in [0, 0.05) is 38.3 Å². The highest BCUT2D eigenvalue weighted by Gasteiger charge is 2.39. The molecule has 0 N–H and O–H groups in total. The summed E-state index contributed by atoms with van der Waals surface area (Å²) in [6, 6.07) is 8.08. The topological polar surface area (TPSA) is 93.9 Å². The average Bonchev–Trinajstić information content (AvgIpc) is 3.22. The molecule has 2 fully saturated rings. The predicted octanol–water partition coefficient (Wildman–Crippen LogP) is 2.24. The van der Waals surface area contributed by atoms with Gasteiger partial charge in [-0.15, -0.1) is 0 Å². The highest BCUT2D eigenvalue weighted by atomic mass is 16.6. The van der Waals surface area contributed by atoms with E-state index in [1.54, 1.807) is 34.1 Å². The van der Waals surface area contributed by atoms with Gasteiger partial charge in [-0.2, -0.15) is 5.26 Å². The maximum Gasteiger partial charge on any atom is 0.410 e. The Morgan fingerprint density at radius 3 is 2.17 bits per heavy atom. The van der Waals surface area contributed by atoms with Gasteiger partial charge in [0.2, 0.25) is 5.91 Å². The number of carbonyl (C=O) groups is 3. The fourth-order valence-electron chi connectivity index (χ4n) is 3.77. The van der Waals surface area contributed by atoms with Crippen molar-refractivity contribution in [2.45, 2.75) is 45.3 Å². The fraction of sp³-hybridized carbons (Fsp3) is 0.545. The molecule has 160 valence electrons. The number of nitriles is 1. The van der Waals surface area contributed by atoms with E-state index < -0.39 is 17.7 Å². The van der Waals surface area contributed by atoms with Gasteiger partial charge in [0.25, 0.3) is 5.91 Å². The Morgan fingerprint density at radius 1 is 1.00 bits per heavy atom. The Balaban J connectivity index is 1.57. The molecule has 8 nitrogen and oxygen atoms in total. The van der Waals surface area contributed by atoms with Crippen molar-refractivity contribution in [3.63, 3.8) is 0 Å². The van der Waals surface area contributed by atoms with Crippen molar-refractivity contribution in [3.05, 3.63) is 35.4 Å². The van der Waals surface area contributed by atoms with Gasteiger partial charge in [-0.1, -0.05) is 0 Å². The SMILES string of the molecule is CC(C)(C)OC(=O)N1CCC[C@H]1C(=O)N1CCN(C(=O)c2ccc(C#N)cc2)CC1. The molecule has 30 heavy (non-hydrogen) atoms. The van der Waals surface area contributed by atoms with Crippen molar-refractivity contribution in [1.82, 2.24) is 14.7 Å². The first-order valence-corrected chi connectivity index (χ1v) is 10.3. The van der Waals surface area contributed by atoms with Crippen LogP contribution in [0.15, 0.2) is 24.3 Å². The van der Waals surface area contributed by atoms with Crippen LogP contribution in [0.4, 0.5) is 4.79 Å². The van der Waals surface area contributed by atoms with Crippen molar-refractivity contribution >= 4 is 17.9 Å². The first kappa shape index (κ1) is 21.6. The molecule has 8 heteroatoms. The lowest BCUT2D eigenvalue weighted by atomic mass is 10.1. The van der Waals surface area contributed by atoms with Crippen LogP contribution in [0.25, 0.3) is 0 Å². The van der Waals surface area contributed by atoms with Crippen LogP contribution in [0, 0.1) is 11.3 Å². The first-order chi connectivity index (χ1) is 14.2. The summed E-state index contributed by atoms with van der Waals surface area (Å²) in [5.41, 5.74) is 0.429. The molecular formula is C22H28N4O4. The van der Waals surface area contributed by atoms with E-state index in [2.05, 4.69) is 0 Å². The van der Waals surface area contributed by atoms with Crippen LogP contribution < -0.4 is 0 Å². The van der Waals surface area contributed by atoms with Gasteiger partial charge in [-0.05, 0) is 57.9 Å². The largest absolute Gasteiger partial charge is 0.444 e. The van der Waals surface area contributed by atoms with E-state index in [0.29, 0.717) is 50.3 Å². The van der Waals surface area contributed by atoms with Gasteiger partial charge in [0.05, 0.1) is 11.6 Å². The van der Waals surface area contributed by atoms with Crippen LogP contribution in [-0.4, -0.2) is 77.0 Å². The number of benzene rings is 1. The molecule has 1 atom stereocenters. The van der Waals surface area contributed by atoms with E-state index in [4.69, 9.17) is 10.00 Å². The predicted molar refractivity (Wildman–Crippen MR) is 110 cm³/mol. The number of rotatable bonds is 2. The minimum Gasteiger partial charge on any atom is -0.444 e. The summed E-state index contributed by atoms with van der Waals surface area (Å²) in [6.45, 7) is 7.67.